The van der Waals surface area contributed by atoms with Gasteiger partial charge in [-0.3, -0.25) is 29.4 Å². The van der Waals surface area contributed by atoms with E-state index in [1.54, 1.807) is 0 Å². The lowest BCUT2D eigenvalue weighted by molar-refractivity contribution is -0.115. The predicted molar refractivity (Wildman–Crippen MR) is 166 cm³/mol. The lowest BCUT2D eigenvalue weighted by atomic mass is 10.1. The second kappa shape index (κ2) is 12.2. The standard InChI is InChI=1S/C34H36N6O2/c1-23(41)37-29-7-3-27(4-8-29)33-17-25(13-15-35-33)19-39-21-31-11-12-32(22-39)40(31)20-26-14-16-36-34(18-26)28-5-9-30(10-6-28)38-24(2)42/h3-10,13-18,31-32H,11-12,19-22H2,1-2H3,(H,37,41)(H,38,42)/t31-,32+. The van der Waals surface area contributed by atoms with Gasteiger partial charge in [0.25, 0.3) is 0 Å². The fourth-order valence-electron chi connectivity index (χ4n) is 6.25. The summed E-state index contributed by atoms with van der Waals surface area (Å²) in [6.07, 6.45) is 6.25. The molecular formula is C34H36N6O2. The molecule has 2 bridgehead atoms. The SMILES string of the molecule is CC(=O)Nc1ccc(-c2cc(CN3C[C@H]4CC[C@@H](C3)N4Cc3ccnc(-c4ccc(NC(C)=O)cc4)c3)ccn2)cc1. The van der Waals surface area contributed by atoms with E-state index in [9.17, 15) is 9.59 Å². The third-order valence-corrected chi connectivity index (χ3v) is 8.13. The first kappa shape index (κ1) is 27.8. The minimum Gasteiger partial charge on any atom is -0.326 e. The number of nitrogens with one attached hydrogen (secondary N) is 2. The number of rotatable bonds is 8. The van der Waals surface area contributed by atoms with E-state index < -0.39 is 0 Å². The third-order valence-electron chi connectivity index (χ3n) is 8.13. The van der Waals surface area contributed by atoms with Crippen LogP contribution in [-0.2, 0) is 22.7 Å². The number of hydrogen-bond acceptors (Lipinski definition) is 6. The van der Waals surface area contributed by atoms with Gasteiger partial charge in [0.2, 0.25) is 11.8 Å². The van der Waals surface area contributed by atoms with Crippen molar-refractivity contribution in [3.63, 3.8) is 0 Å². The van der Waals surface area contributed by atoms with E-state index in [1.165, 1.54) is 37.8 Å². The highest BCUT2D eigenvalue weighted by Gasteiger charge is 2.39. The zero-order valence-corrected chi connectivity index (χ0v) is 24.1. The monoisotopic (exact) mass is 560 g/mol. The van der Waals surface area contributed by atoms with Crippen LogP contribution in [0.15, 0.2) is 85.2 Å². The van der Waals surface area contributed by atoms with Crippen molar-refractivity contribution in [2.24, 2.45) is 0 Å². The highest BCUT2D eigenvalue weighted by molar-refractivity contribution is 5.89. The zero-order chi connectivity index (χ0) is 29.1. The summed E-state index contributed by atoms with van der Waals surface area (Å²) in [6, 6.07) is 25.4. The number of nitrogens with zero attached hydrogens (tertiary/aromatic N) is 4. The molecule has 2 atom stereocenters. The molecule has 2 aromatic carbocycles. The number of hydrogen-bond donors (Lipinski definition) is 2. The van der Waals surface area contributed by atoms with Crippen molar-refractivity contribution in [2.45, 2.75) is 51.9 Å². The van der Waals surface area contributed by atoms with Gasteiger partial charge in [0.05, 0.1) is 11.4 Å². The van der Waals surface area contributed by atoms with Crippen molar-refractivity contribution < 1.29 is 9.59 Å². The van der Waals surface area contributed by atoms with Gasteiger partial charge in [-0.1, -0.05) is 24.3 Å². The third kappa shape index (κ3) is 6.56. The molecule has 2 aliphatic heterocycles. The molecule has 2 saturated heterocycles. The second-order valence-electron chi connectivity index (χ2n) is 11.4. The number of pyridine rings is 2. The van der Waals surface area contributed by atoms with Gasteiger partial charge in [0, 0.05) is 87.0 Å². The normalized spacial score (nSPS) is 18.5. The minimum absolute atomic E-state index is 0.0745. The van der Waals surface area contributed by atoms with Crippen molar-refractivity contribution in [1.29, 1.82) is 0 Å². The quantitative estimate of drug-likeness (QED) is 0.293. The lowest BCUT2D eigenvalue weighted by Crippen LogP contribution is -2.52. The molecule has 4 heterocycles. The van der Waals surface area contributed by atoms with E-state index >= 15 is 0 Å². The van der Waals surface area contributed by atoms with Crippen LogP contribution in [0.25, 0.3) is 22.5 Å². The molecule has 8 heteroatoms. The minimum atomic E-state index is -0.0751. The molecular weight excluding hydrogens is 524 g/mol. The maximum Gasteiger partial charge on any atom is 0.221 e. The summed E-state index contributed by atoms with van der Waals surface area (Å²) < 4.78 is 0. The Kier molecular flexibility index (Phi) is 8.08. The van der Waals surface area contributed by atoms with Gasteiger partial charge in [-0.15, -0.1) is 0 Å². The first-order valence-electron chi connectivity index (χ1n) is 14.5. The molecule has 0 saturated carbocycles. The summed E-state index contributed by atoms with van der Waals surface area (Å²) in [7, 11) is 0. The average molecular weight is 561 g/mol. The van der Waals surface area contributed by atoms with Crippen molar-refractivity contribution in [2.75, 3.05) is 23.7 Å². The molecule has 2 N–H and O–H groups in total. The predicted octanol–water partition coefficient (Wildman–Crippen LogP) is 5.58. The number of amides is 2. The molecule has 4 aromatic rings. The fraction of sp³-hybridized carbons (Fsp3) is 0.294. The van der Waals surface area contributed by atoms with Gasteiger partial charge in [-0.05, 0) is 72.5 Å². The van der Waals surface area contributed by atoms with Crippen LogP contribution in [0.4, 0.5) is 11.4 Å². The van der Waals surface area contributed by atoms with Gasteiger partial charge in [-0.25, -0.2) is 0 Å². The Morgan fingerprint density at radius 2 is 1.14 bits per heavy atom. The van der Waals surface area contributed by atoms with Crippen LogP contribution in [0.1, 0.15) is 37.8 Å². The van der Waals surface area contributed by atoms with E-state index in [0.29, 0.717) is 12.1 Å². The molecule has 214 valence electrons. The molecule has 0 spiro atoms. The van der Waals surface area contributed by atoms with Crippen molar-refractivity contribution in [3.05, 3.63) is 96.3 Å². The summed E-state index contributed by atoms with van der Waals surface area (Å²) in [5.41, 5.74) is 8.10. The van der Waals surface area contributed by atoms with Gasteiger partial charge < -0.3 is 10.6 Å². The number of benzene rings is 2. The van der Waals surface area contributed by atoms with E-state index in [2.05, 4.69) is 54.7 Å². The van der Waals surface area contributed by atoms with Crippen LogP contribution in [0.5, 0.6) is 0 Å². The van der Waals surface area contributed by atoms with Crippen molar-refractivity contribution in [3.8, 4) is 22.5 Å². The topological polar surface area (TPSA) is 90.5 Å². The largest absolute Gasteiger partial charge is 0.326 e. The lowest BCUT2D eigenvalue weighted by Gasteiger charge is -2.41. The number of fused-ring (bicyclic) bond motifs is 2. The van der Waals surface area contributed by atoms with Crippen molar-refractivity contribution >= 4 is 23.2 Å². The molecule has 0 unspecified atom stereocenters. The highest BCUT2D eigenvalue weighted by Crippen LogP contribution is 2.33. The van der Waals surface area contributed by atoms with Crippen LogP contribution in [0.3, 0.4) is 0 Å². The van der Waals surface area contributed by atoms with Crippen LogP contribution in [0.2, 0.25) is 0 Å². The smallest absolute Gasteiger partial charge is 0.221 e. The zero-order valence-electron chi connectivity index (χ0n) is 24.1. The van der Waals surface area contributed by atoms with Gasteiger partial charge in [-0.2, -0.15) is 0 Å². The summed E-state index contributed by atoms with van der Waals surface area (Å²) >= 11 is 0. The van der Waals surface area contributed by atoms with E-state index in [-0.39, 0.29) is 11.8 Å². The number of likely N-dealkylation sites (tertiary alicyclic amines) is 1. The maximum absolute atomic E-state index is 11.3. The second-order valence-corrected chi connectivity index (χ2v) is 11.4. The number of piperazine rings is 1. The Balaban J connectivity index is 1.08. The van der Waals surface area contributed by atoms with Crippen LogP contribution in [-0.4, -0.2) is 56.8 Å². The molecule has 2 fully saturated rings. The summed E-state index contributed by atoms with van der Waals surface area (Å²) in [6.45, 7) is 6.98. The first-order chi connectivity index (χ1) is 20.4. The Bertz CT molecular complexity index is 1560. The van der Waals surface area contributed by atoms with Crippen molar-refractivity contribution in [1.82, 2.24) is 19.8 Å². The maximum atomic E-state index is 11.3. The van der Waals surface area contributed by atoms with Crippen LogP contribution >= 0.6 is 0 Å². The number of carbonyl (C=O) groups excluding carboxylic acids is 2. The molecule has 8 nitrogen and oxygen atoms in total. The van der Waals surface area contributed by atoms with E-state index in [0.717, 1.165) is 60.1 Å². The van der Waals surface area contributed by atoms with Crippen LogP contribution < -0.4 is 10.6 Å². The van der Waals surface area contributed by atoms with E-state index in [4.69, 9.17) is 0 Å². The summed E-state index contributed by atoms with van der Waals surface area (Å²) in [5, 5.41) is 5.63. The fourth-order valence-corrected chi connectivity index (χ4v) is 6.25. The summed E-state index contributed by atoms with van der Waals surface area (Å²) in [5.74, 6) is -0.150. The Hall–Kier alpha value is -4.40. The molecule has 42 heavy (non-hydrogen) atoms. The number of carbonyl (C=O) groups is 2. The molecule has 0 radical (unpaired) electrons. The van der Waals surface area contributed by atoms with Gasteiger partial charge in [0.15, 0.2) is 0 Å². The molecule has 2 aromatic heterocycles. The number of anilines is 2. The Morgan fingerprint density at radius 3 is 1.60 bits per heavy atom. The Labute approximate surface area is 246 Å². The molecule has 0 aliphatic carbocycles. The highest BCUT2D eigenvalue weighted by atomic mass is 16.2. The van der Waals surface area contributed by atoms with Gasteiger partial charge >= 0.3 is 0 Å². The molecule has 6 rings (SSSR count). The van der Waals surface area contributed by atoms with E-state index in [1.807, 2.05) is 60.9 Å². The molecule has 2 amide bonds. The summed E-state index contributed by atoms with van der Waals surface area (Å²) in [4.78, 5) is 37.1. The van der Waals surface area contributed by atoms with Crippen LogP contribution in [0, 0.1) is 0 Å². The van der Waals surface area contributed by atoms with Gasteiger partial charge in [0.1, 0.15) is 0 Å². The first-order valence-corrected chi connectivity index (χ1v) is 14.5. The number of aromatic nitrogens is 2. The molecule has 2 aliphatic rings. The average Bonchev–Trinajstić information content (AvgIpc) is 3.20. The Morgan fingerprint density at radius 1 is 0.690 bits per heavy atom.